The molecule has 2 aromatic carbocycles. The Balaban J connectivity index is 2.04. The second-order valence-corrected chi connectivity index (χ2v) is 4.91. The third-order valence-corrected chi connectivity index (χ3v) is 2.87. The van der Waals surface area contributed by atoms with Crippen LogP contribution in [0.25, 0.3) is 0 Å². The fourth-order valence-electron chi connectivity index (χ4n) is 1.41. The van der Waals surface area contributed by atoms with Crippen LogP contribution in [0.1, 0.15) is 5.56 Å². The number of hydrogen-bond acceptors (Lipinski definition) is 2. The first-order valence-corrected chi connectivity index (χ1v) is 6.17. The Hall–Kier alpha value is -1.19. The standard InChI is InChI=1S/C13H10BrClO2/c14-10-5-9(6-12(16)7-10)8-17-13-3-1-11(15)2-4-13/h1-7,16H,8H2. The zero-order chi connectivity index (χ0) is 12.3. The zero-order valence-electron chi connectivity index (χ0n) is 8.86. The van der Waals surface area contributed by atoms with Gasteiger partial charge in [0.05, 0.1) is 0 Å². The van der Waals surface area contributed by atoms with E-state index in [-0.39, 0.29) is 5.75 Å². The van der Waals surface area contributed by atoms with Gasteiger partial charge in [0, 0.05) is 9.50 Å². The van der Waals surface area contributed by atoms with Gasteiger partial charge in [0.25, 0.3) is 0 Å². The maximum absolute atomic E-state index is 9.42. The van der Waals surface area contributed by atoms with Crippen LogP contribution in [-0.2, 0) is 6.61 Å². The van der Waals surface area contributed by atoms with E-state index in [0.29, 0.717) is 11.6 Å². The average Bonchev–Trinajstić information content (AvgIpc) is 2.27. The molecule has 0 aliphatic rings. The van der Waals surface area contributed by atoms with Gasteiger partial charge in [-0.25, -0.2) is 0 Å². The van der Waals surface area contributed by atoms with Gasteiger partial charge in [-0.1, -0.05) is 27.5 Å². The predicted octanol–water partition coefficient (Wildman–Crippen LogP) is 4.39. The summed E-state index contributed by atoms with van der Waals surface area (Å²) < 4.78 is 6.39. The van der Waals surface area contributed by atoms with Crippen LogP contribution in [0, 0.1) is 0 Å². The molecule has 0 aromatic heterocycles. The van der Waals surface area contributed by atoms with Crippen molar-refractivity contribution in [1.29, 1.82) is 0 Å². The fraction of sp³-hybridized carbons (Fsp3) is 0.0769. The number of benzene rings is 2. The highest BCUT2D eigenvalue weighted by molar-refractivity contribution is 9.10. The van der Waals surface area contributed by atoms with Crippen LogP contribution in [0.5, 0.6) is 11.5 Å². The van der Waals surface area contributed by atoms with Crippen LogP contribution < -0.4 is 4.74 Å². The smallest absolute Gasteiger partial charge is 0.119 e. The van der Waals surface area contributed by atoms with E-state index >= 15 is 0 Å². The van der Waals surface area contributed by atoms with Gasteiger partial charge in [-0.3, -0.25) is 0 Å². The lowest BCUT2D eigenvalue weighted by Gasteiger charge is -2.07. The van der Waals surface area contributed by atoms with E-state index in [1.165, 1.54) is 0 Å². The van der Waals surface area contributed by atoms with E-state index in [9.17, 15) is 5.11 Å². The summed E-state index contributed by atoms with van der Waals surface area (Å²) in [7, 11) is 0. The van der Waals surface area contributed by atoms with Gasteiger partial charge in [-0.05, 0) is 48.0 Å². The van der Waals surface area contributed by atoms with Crippen molar-refractivity contribution in [3.8, 4) is 11.5 Å². The maximum atomic E-state index is 9.42. The van der Waals surface area contributed by atoms with Crippen molar-refractivity contribution in [2.45, 2.75) is 6.61 Å². The minimum Gasteiger partial charge on any atom is -0.508 e. The van der Waals surface area contributed by atoms with Crippen LogP contribution in [0.15, 0.2) is 46.9 Å². The SMILES string of the molecule is Oc1cc(Br)cc(COc2ccc(Cl)cc2)c1. The van der Waals surface area contributed by atoms with Crippen LogP contribution in [0.4, 0.5) is 0 Å². The van der Waals surface area contributed by atoms with Crippen LogP contribution in [0.2, 0.25) is 5.02 Å². The summed E-state index contributed by atoms with van der Waals surface area (Å²) in [5.74, 6) is 0.961. The number of ether oxygens (including phenoxy) is 1. The summed E-state index contributed by atoms with van der Waals surface area (Å²) in [5.41, 5.74) is 0.895. The molecule has 0 unspecified atom stereocenters. The van der Waals surface area contributed by atoms with Gasteiger partial charge in [0.15, 0.2) is 0 Å². The molecule has 0 aliphatic carbocycles. The molecule has 2 aromatic rings. The molecule has 0 radical (unpaired) electrons. The van der Waals surface area contributed by atoms with Crippen molar-refractivity contribution in [2.75, 3.05) is 0 Å². The molecule has 1 N–H and O–H groups in total. The van der Waals surface area contributed by atoms with Crippen molar-refractivity contribution in [1.82, 2.24) is 0 Å². The Morgan fingerprint density at radius 2 is 1.82 bits per heavy atom. The van der Waals surface area contributed by atoms with Gasteiger partial charge in [0.2, 0.25) is 0 Å². The minimum atomic E-state index is 0.217. The average molecular weight is 314 g/mol. The number of phenolic OH excluding ortho intramolecular Hbond substituents is 1. The molecule has 88 valence electrons. The number of rotatable bonds is 3. The molecule has 4 heteroatoms. The molecule has 0 bridgehead atoms. The van der Waals surface area contributed by atoms with E-state index in [4.69, 9.17) is 16.3 Å². The monoisotopic (exact) mass is 312 g/mol. The Kier molecular flexibility index (Phi) is 3.92. The Labute approximate surface area is 113 Å². The van der Waals surface area contributed by atoms with Crippen molar-refractivity contribution >= 4 is 27.5 Å². The van der Waals surface area contributed by atoms with Crippen LogP contribution in [-0.4, -0.2) is 5.11 Å². The van der Waals surface area contributed by atoms with Crippen molar-refractivity contribution < 1.29 is 9.84 Å². The fourth-order valence-corrected chi connectivity index (χ4v) is 2.07. The molecule has 2 rings (SSSR count). The van der Waals surface area contributed by atoms with Gasteiger partial charge >= 0.3 is 0 Å². The molecule has 0 saturated carbocycles. The molecular formula is C13H10BrClO2. The van der Waals surface area contributed by atoms with Crippen LogP contribution >= 0.6 is 27.5 Å². The summed E-state index contributed by atoms with van der Waals surface area (Å²) in [6.45, 7) is 0.397. The second-order valence-electron chi connectivity index (χ2n) is 3.56. The van der Waals surface area contributed by atoms with Crippen molar-refractivity contribution in [2.24, 2.45) is 0 Å². The highest BCUT2D eigenvalue weighted by Gasteiger charge is 2.00. The second kappa shape index (κ2) is 5.43. The van der Waals surface area contributed by atoms with Gasteiger partial charge in [-0.15, -0.1) is 0 Å². The van der Waals surface area contributed by atoms with E-state index in [0.717, 1.165) is 15.8 Å². The first kappa shape index (κ1) is 12.3. The normalized spacial score (nSPS) is 10.2. The van der Waals surface area contributed by atoms with Gasteiger partial charge in [0.1, 0.15) is 18.1 Å². The lowest BCUT2D eigenvalue weighted by molar-refractivity contribution is 0.305. The largest absolute Gasteiger partial charge is 0.508 e. The Morgan fingerprint density at radius 3 is 2.47 bits per heavy atom. The molecule has 0 aliphatic heterocycles. The minimum absolute atomic E-state index is 0.217. The first-order chi connectivity index (χ1) is 8.13. The van der Waals surface area contributed by atoms with E-state index in [1.807, 2.05) is 6.07 Å². The topological polar surface area (TPSA) is 29.5 Å². The third kappa shape index (κ3) is 3.65. The van der Waals surface area contributed by atoms with Crippen molar-refractivity contribution in [3.63, 3.8) is 0 Å². The molecule has 0 amide bonds. The summed E-state index contributed by atoms with van der Waals surface area (Å²) in [4.78, 5) is 0. The molecule has 0 fully saturated rings. The summed E-state index contributed by atoms with van der Waals surface area (Å²) >= 11 is 9.09. The number of hydrogen-bond donors (Lipinski definition) is 1. The third-order valence-electron chi connectivity index (χ3n) is 2.16. The van der Waals surface area contributed by atoms with Gasteiger partial charge in [-0.2, -0.15) is 0 Å². The first-order valence-electron chi connectivity index (χ1n) is 5.00. The molecule has 17 heavy (non-hydrogen) atoms. The van der Waals surface area contributed by atoms with E-state index < -0.39 is 0 Å². The lowest BCUT2D eigenvalue weighted by atomic mass is 10.2. The van der Waals surface area contributed by atoms with E-state index in [1.54, 1.807) is 36.4 Å². The predicted molar refractivity (Wildman–Crippen MR) is 71.6 cm³/mol. The highest BCUT2D eigenvalue weighted by atomic mass is 79.9. The number of aromatic hydroxyl groups is 1. The molecule has 2 nitrogen and oxygen atoms in total. The zero-order valence-corrected chi connectivity index (χ0v) is 11.2. The summed E-state index contributed by atoms with van der Waals surface area (Å²) in [5, 5.41) is 10.1. The lowest BCUT2D eigenvalue weighted by Crippen LogP contribution is -1.95. The Bertz CT molecular complexity index is 491. The highest BCUT2D eigenvalue weighted by Crippen LogP contribution is 2.22. The number of phenols is 1. The summed E-state index contributed by atoms with van der Waals surface area (Å²) in [6, 6.07) is 12.4. The molecular weight excluding hydrogens is 303 g/mol. The van der Waals surface area contributed by atoms with E-state index in [2.05, 4.69) is 15.9 Å². The summed E-state index contributed by atoms with van der Waals surface area (Å²) in [6.07, 6.45) is 0. The van der Waals surface area contributed by atoms with Crippen LogP contribution in [0.3, 0.4) is 0 Å². The quantitative estimate of drug-likeness (QED) is 0.911. The number of halogens is 2. The molecule has 0 atom stereocenters. The molecule has 0 spiro atoms. The maximum Gasteiger partial charge on any atom is 0.119 e. The van der Waals surface area contributed by atoms with Gasteiger partial charge < -0.3 is 9.84 Å². The molecule has 0 heterocycles. The van der Waals surface area contributed by atoms with Crippen molar-refractivity contribution in [3.05, 3.63) is 57.5 Å². The molecule has 0 saturated heterocycles. The Morgan fingerprint density at radius 1 is 1.12 bits per heavy atom.